The molecule has 0 atom stereocenters. The summed E-state index contributed by atoms with van der Waals surface area (Å²) in [6, 6.07) is 13.3. The molecule has 3 aromatic rings. The number of anilines is 1. The van der Waals surface area contributed by atoms with Gasteiger partial charge in [0.25, 0.3) is 11.1 Å². The van der Waals surface area contributed by atoms with Crippen LogP contribution in [-0.2, 0) is 9.59 Å². The number of carbonyl (C=O) groups excluding carboxylic acids is 3. The number of rotatable bonds is 5. The van der Waals surface area contributed by atoms with Gasteiger partial charge in [0.05, 0.1) is 10.6 Å². The van der Waals surface area contributed by atoms with E-state index in [9.17, 15) is 14.4 Å². The van der Waals surface area contributed by atoms with E-state index in [1.165, 1.54) is 22.7 Å². The van der Waals surface area contributed by atoms with E-state index in [0.29, 0.717) is 10.0 Å². The van der Waals surface area contributed by atoms with Gasteiger partial charge in [-0.1, -0.05) is 36.4 Å². The van der Waals surface area contributed by atoms with Crippen LogP contribution in [0.5, 0.6) is 0 Å². The highest BCUT2D eigenvalue weighted by atomic mass is 32.2. The molecule has 3 amide bonds. The molecule has 1 saturated heterocycles. The quantitative estimate of drug-likeness (QED) is 0.605. The van der Waals surface area contributed by atoms with Gasteiger partial charge in [0.1, 0.15) is 6.54 Å². The maximum absolute atomic E-state index is 12.4. The second kappa shape index (κ2) is 8.09. The Labute approximate surface area is 172 Å². The molecule has 0 aliphatic carbocycles. The average Bonchev–Trinajstić information content (AvgIpc) is 3.42. The Morgan fingerprint density at radius 1 is 1.11 bits per heavy atom. The van der Waals surface area contributed by atoms with Crippen molar-refractivity contribution in [3.05, 3.63) is 63.0 Å². The highest BCUT2D eigenvalue weighted by Crippen LogP contribution is 2.33. The highest BCUT2D eigenvalue weighted by molar-refractivity contribution is 8.18. The van der Waals surface area contributed by atoms with Crippen molar-refractivity contribution in [2.24, 2.45) is 0 Å². The van der Waals surface area contributed by atoms with Crippen molar-refractivity contribution in [1.82, 2.24) is 9.88 Å². The third-order valence-electron chi connectivity index (χ3n) is 3.81. The van der Waals surface area contributed by atoms with Crippen LogP contribution >= 0.6 is 34.4 Å². The fourth-order valence-corrected chi connectivity index (χ4v) is 4.81. The molecule has 1 fully saturated rings. The van der Waals surface area contributed by atoms with Gasteiger partial charge in [0, 0.05) is 15.8 Å². The summed E-state index contributed by atoms with van der Waals surface area (Å²) in [7, 11) is 0. The van der Waals surface area contributed by atoms with Crippen LogP contribution in [0.2, 0.25) is 0 Å². The molecule has 140 valence electrons. The summed E-state index contributed by atoms with van der Waals surface area (Å²) < 4.78 is 0. The monoisotopic (exact) mass is 427 g/mol. The molecule has 1 N–H and O–H groups in total. The molecule has 4 rings (SSSR count). The van der Waals surface area contributed by atoms with Gasteiger partial charge in [0.15, 0.2) is 5.13 Å². The lowest BCUT2D eigenvalue weighted by molar-refractivity contribution is -0.127. The van der Waals surface area contributed by atoms with Crippen LogP contribution in [0.25, 0.3) is 17.3 Å². The third kappa shape index (κ3) is 4.06. The van der Waals surface area contributed by atoms with E-state index in [2.05, 4.69) is 10.3 Å². The van der Waals surface area contributed by atoms with E-state index >= 15 is 0 Å². The lowest BCUT2D eigenvalue weighted by Gasteiger charge is -2.11. The summed E-state index contributed by atoms with van der Waals surface area (Å²) >= 11 is 3.60. The summed E-state index contributed by atoms with van der Waals surface area (Å²) in [6.45, 7) is -0.341. The fourth-order valence-electron chi connectivity index (χ4n) is 2.51. The Bertz CT molecular complexity index is 1060. The summed E-state index contributed by atoms with van der Waals surface area (Å²) in [5.74, 6) is -0.920. The number of imide groups is 1. The molecular formula is C19H13N3O3S3. The van der Waals surface area contributed by atoms with Gasteiger partial charge in [-0.05, 0) is 29.3 Å². The molecule has 28 heavy (non-hydrogen) atoms. The van der Waals surface area contributed by atoms with Crippen molar-refractivity contribution >= 4 is 62.7 Å². The van der Waals surface area contributed by atoms with Gasteiger partial charge in [-0.15, -0.1) is 22.7 Å². The van der Waals surface area contributed by atoms with Crippen molar-refractivity contribution in [2.45, 2.75) is 0 Å². The number of thioether (sulfide) groups is 1. The summed E-state index contributed by atoms with van der Waals surface area (Å²) in [4.78, 5) is 43.4. The normalized spacial score (nSPS) is 15.4. The molecular weight excluding hydrogens is 414 g/mol. The molecule has 2 aromatic heterocycles. The second-order valence-corrected chi connectivity index (χ2v) is 8.57. The van der Waals surface area contributed by atoms with Crippen LogP contribution in [-0.4, -0.2) is 33.5 Å². The Morgan fingerprint density at radius 3 is 2.68 bits per heavy atom. The van der Waals surface area contributed by atoms with Gasteiger partial charge in [-0.25, -0.2) is 4.98 Å². The predicted molar refractivity (Wildman–Crippen MR) is 113 cm³/mol. The van der Waals surface area contributed by atoms with Gasteiger partial charge in [0.2, 0.25) is 5.91 Å². The number of hydrogen-bond donors (Lipinski definition) is 1. The first-order chi connectivity index (χ1) is 13.6. The number of benzene rings is 1. The zero-order chi connectivity index (χ0) is 19.5. The molecule has 3 heterocycles. The molecule has 0 bridgehead atoms. The predicted octanol–water partition coefficient (Wildman–Crippen LogP) is 4.55. The lowest BCUT2D eigenvalue weighted by atomic mass is 10.2. The number of carbonyl (C=O) groups is 3. The molecule has 0 unspecified atom stereocenters. The average molecular weight is 428 g/mol. The van der Waals surface area contributed by atoms with E-state index < -0.39 is 17.1 Å². The number of amides is 3. The van der Waals surface area contributed by atoms with Crippen molar-refractivity contribution < 1.29 is 14.4 Å². The number of thiophene rings is 1. The maximum atomic E-state index is 12.4. The first-order valence-corrected chi connectivity index (χ1v) is 10.8. The Morgan fingerprint density at radius 2 is 1.93 bits per heavy atom. The zero-order valence-electron chi connectivity index (χ0n) is 14.3. The molecule has 1 aliphatic heterocycles. The van der Waals surface area contributed by atoms with Crippen molar-refractivity contribution in [1.29, 1.82) is 0 Å². The molecule has 0 radical (unpaired) electrons. The van der Waals surface area contributed by atoms with Crippen LogP contribution in [0.3, 0.4) is 0 Å². The first kappa shape index (κ1) is 18.6. The second-order valence-electron chi connectivity index (χ2n) is 5.74. The summed E-state index contributed by atoms with van der Waals surface area (Å²) in [5, 5.41) is 6.36. The minimum Gasteiger partial charge on any atom is -0.300 e. The molecule has 0 saturated carbocycles. The highest BCUT2D eigenvalue weighted by Gasteiger charge is 2.36. The van der Waals surface area contributed by atoms with Crippen LogP contribution < -0.4 is 5.32 Å². The third-order valence-corrected chi connectivity index (χ3v) is 6.30. The number of aromatic nitrogens is 1. The standard InChI is InChI=1S/C19H13N3O3S3/c23-16(21-18-20-14(11-27-18)12-5-2-1-3-6-12)10-22-17(24)15(28-19(22)25)9-13-7-4-8-26-13/h1-9,11H,10H2,(H,20,21,23)/b15-9-. The smallest absolute Gasteiger partial charge is 0.294 e. The summed E-state index contributed by atoms with van der Waals surface area (Å²) in [6.07, 6.45) is 1.67. The molecule has 1 aromatic carbocycles. The van der Waals surface area contributed by atoms with Gasteiger partial charge >= 0.3 is 0 Å². The molecule has 9 heteroatoms. The van der Waals surface area contributed by atoms with Crippen LogP contribution in [0.4, 0.5) is 9.93 Å². The van der Waals surface area contributed by atoms with Crippen molar-refractivity contribution in [2.75, 3.05) is 11.9 Å². The molecule has 0 spiro atoms. The van der Waals surface area contributed by atoms with Gasteiger partial charge < -0.3 is 5.32 Å². The lowest BCUT2D eigenvalue weighted by Crippen LogP contribution is -2.36. The Kier molecular flexibility index (Phi) is 5.38. The zero-order valence-corrected chi connectivity index (χ0v) is 16.8. The largest absolute Gasteiger partial charge is 0.300 e. The number of nitrogens with one attached hydrogen (secondary N) is 1. The maximum Gasteiger partial charge on any atom is 0.294 e. The SMILES string of the molecule is O=C(CN1C(=O)S/C(=C\c2cccs2)C1=O)Nc1nc(-c2ccccc2)cs1. The van der Waals surface area contributed by atoms with E-state index in [-0.39, 0.29) is 6.54 Å². The van der Waals surface area contributed by atoms with Crippen molar-refractivity contribution in [3.8, 4) is 11.3 Å². The number of nitrogens with zero attached hydrogens (tertiary/aromatic N) is 2. The van der Waals surface area contributed by atoms with Crippen LogP contribution in [0, 0.1) is 0 Å². The summed E-state index contributed by atoms with van der Waals surface area (Å²) in [5.41, 5.74) is 1.70. The minimum absolute atomic E-state index is 0.320. The van der Waals surface area contributed by atoms with Crippen molar-refractivity contribution in [3.63, 3.8) is 0 Å². The Balaban J connectivity index is 1.41. The van der Waals surface area contributed by atoms with E-state index in [0.717, 1.165) is 32.8 Å². The molecule has 1 aliphatic rings. The van der Waals surface area contributed by atoms with Crippen LogP contribution in [0.15, 0.2) is 58.1 Å². The fraction of sp³-hybridized carbons (Fsp3) is 0.0526. The number of thiazole rings is 1. The van der Waals surface area contributed by atoms with E-state index in [4.69, 9.17) is 0 Å². The Hall–Kier alpha value is -2.75. The minimum atomic E-state index is -0.464. The number of hydrogen-bond acceptors (Lipinski definition) is 7. The first-order valence-electron chi connectivity index (χ1n) is 8.20. The van der Waals surface area contributed by atoms with Crippen LogP contribution in [0.1, 0.15) is 4.88 Å². The van der Waals surface area contributed by atoms with E-state index in [1.807, 2.05) is 53.2 Å². The van der Waals surface area contributed by atoms with Gasteiger partial charge in [-0.3, -0.25) is 19.3 Å². The van der Waals surface area contributed by atoms with Gasteiger partial charge in [-0.2, -0.15) is 0 Å². The molecule has 6 nitrogen and oxygen atoms in total. The topological polar surface area (TPSA) is 79.4 Å². The van der Waals surface area contributed by atoms with E-state index in [1.54, 1.807) is 6.08 Å².